The van der Waals surface area contributed by atoms with Crippen molar-refractivity contribution in [3.63, 3.8) is 0 Å². The number of hydrogen-bond donors (Lipinski definition) is 1. The summed E-state index contributed by atoms with van der Waals surface area (Å²) in [4.78, 5) is 10.6. The van der Waals surface area contributed by atoms with Crippen LogP contribution in [0.1, 0.15) is 10.4 Å². The zero-order chi connectivity index (χ0) is 34.7. The first-order valence-electron chi connectivity index (χ1n) is 16.7. The van der Waals surface area contributed by atoms with Crippen molar-refractivity contribution >= 4 is 12.0 Å². The molecule has 0 aliphatic carbocycles. The maximum absolute atomic E-state index is 10.6. The third-order valence-corrected chi connectivity index (χ3v) is 6.26. The lowest BCUT2D eigenvalue weighted by atomic mass is 10.2. The lowest BCUT2D eigenvalue weighted by Crippen LogP contribution is -2.15. The van der Waals surface area contributed by atoms with Gasteiger partial charge < -0.3 is 62.6 Å². The summed E-state index contributed by atoms with van der Waals surface area (Å²) in [6, 6.07) is 14.3. The first-order chi connectivity index (χ1) is 24.3. The molecule has 0 fully saturated rings. The van der Waals surface area contributed by atoms with Gasteiger partial charge in [0.15, 0.2) is 0 Å². The molecule has 0 saturated carbocycles. The van der Waals surface area contributed by atoms with E-state index in [4.69, 9.17) is 62.6 Å². The van der Waals surface area contributed by atoms with Gasteiger partial charge in [-0.25, -0.2) is 0 Å². The van der Waals surface area contributed by atoms with Crippen LogP contribution in [0.25, 0.3) is 0 Å². The summed E-state index contributed by atoms with van der Waals surface area (Å²) in [6.07, 6.45) is 0.797. The van der Waals surface area contributed by atoms with Crippen LogP contribution in [-0.2, 0) is 47.4 Å². The van der Waals surface area contributed by atoms with Crippen molar-refractivity contribution in [2.75, 3.05) is 151 Å². The number of carbonyl (C=O) groups is 1. The Bertz CT molecular complexity index is 1020. The molecule has 0 radical (unpaired) electrons. The molecule has 0 aliphatic rings. The molecule has 0 atom stereocenters. The smallest absolute Gasteiger partial charge is 0.150 e. The molecule has 278 valence electrons. The summed E-state index contributed by atoms with van der Waals surface area (Å²) >= 11 is 0. The van der Waals surface area contributed by atoms with Gasteiger partial charge in [-0.1, -0.05) is 12.1 Å². The number of aldehydes is 1. The van der Waals surface area contributed by atoms with E-state index in [1.165, 1.54) is 0 Å². The molecule has 0 spiro atoms. The molecule has 0 unspecified atom stereocenters. The van der Waals surface area contributed by atoms with Gasteiger partial charge in [0.2, 0.25) is 0 Å². The lowest BCUT2D eigenvalue weighted by Gasteiger charge is -2.10. The molecular formula is C35H55NO13. The Morgan fingerprint density at radius 1 is 0.388 bits per heavy atom. The fourth-order valence-electron chi connectivity index (χ4n) is 3.76. The van der Waals surface area contributed by atoms with Crippen molar-refractivity contribution in [3.05, 3.63) is 54.1 Å². The molecular weight excluding hydrogens is 642 g/mol. The van der Waals surface area contributed by atoms with E-state index < -0.39 is 0 Å². The van der Waals surface area contributed by atoms with Crippen molar-refractivity contribution in [2.45, 2.75) is 0 Å². The predicted octanol–water partition coefficient (Wildman–Crippen LogP) is 2.71. The number of para-hydroxylation sites is 2. The van der Waals surface area contributed by atoms with E-state index in [2.05, 4.69) is 0 Å². The summed E-state index contributed by atoms with van der Waals surface area (Å²) in [5.74, 6) is 1.37. The topological polar surface area (TPSA) is 154 Å². The van der Waals surface area contributed by atoms with Crippen molar-refractivity contribution in [2.24, 2.45) is 0 Å². The van der Waals surface area contributed by atoms with Gasteiger partial charge in [-0.15, -0.1) is 0 Å². The fraction of sp³-hybridized carbons (Fsp3) is 0.629. The third-order valence-electron chi connectivity index (χ3n) is 6.26. The van der Waals surface area contributed by atoms with Crippen LogP contribution in [-0.4, -0.2) is 152 Å². The molecule has 2 N–H and O–H groups in total. The van der Waals surface area contributed by atoms with Gasteiger partial charge in [-0.3, -0.25) is 4.79 Å². The Hall–Kier alpha value is -2.89. The number of nitrogen functional groups attached to an aromatic ring is 1. The Kier molecular flexibility index (Phi) is 27.9. The molecule has 2 aromatic carbocycles. The fourth-order valence-corrected chi connectivity index (χ4v) is 3.76. The molecule has 0 aliphatic heterocycles. The zero-order valence-corrected chi connectivity index (χ0v) is 28.6. The predicted molar refractivity (Wildman–Crippen MR) is 182 cm³/mol. The van der Waals surface area contributed by atoms with Crippen LogP contribution < -0.4 is 15.2 Å². The van der Waals surface area contributed by atoms with Gasteiger partial charge >= 0.3 is 0 Å². The third kappa shape index (κ3) is 25.7. The number of rotatable bonds is 36. The van der Waals surface area contributed by atoms with Crippen LogP contribution in [0.3, 0.4) is 0 Å². The second-order valence-electron chi connectivity index (χ2n) is 10.0. The SMILES string of the molecule is Nc1ccccc1OCCOCCOCCOCCOCCOCCOCCOCCOCCOCCOCCOc1ccc(C=O)cc1. The Morgan fingerprint density at radius 2 is 0.694 bits per heavy atom. The molecule has 0 saturated heterocycles. The highest BCUT2D eigenvalue weighted by molar-refractivity contribution is 5.74. The molecule has 0 bridgehead atoms. The molecule has 0 amide bonds. The number of nitrogens with two attached hydrogens (primary N) is 1. The molecule has 14 nitrogen and oxygen atoms in total. The van der Waals surface area contributed by atoms with E-state index in [1.807, 2.05) is 18.2 Å². The Balaban J connectivity index is 1.15. The van der Waals surface area contributed by atoms with Gasteiger partial charge in [-0.2, -0.15) is 0 Å². The molecule has 49 heavy (non-hydrogen) atoms. The van der Waals surface area contributed by atoms with Crippen LogP contribution in [0.15, 0.2) is 48.5 Å². The number of hydrogen-bond acceptors (Lipinski definition) is 14. The highest BCUT2D eigenvalue weighted by Gasteiger charge is 1.99. The maximum atomic E-state index is 10.6. The van der Waals surface area contributed by atoms with Gasteiger partial charge in [0.1, 0.15) is 31.0 Å². The summed E-state index contributed by atoms with van der Waals surface area (Å²) in [6.45, 7) is 10.7. The monoisotopic (exact) mass is 697 g/mol. The number of ether oxygens (including phenoxy) is 12. The van der Waals surface area contributed by atoms with Crippen LogP contribution in [0.5, 0.6) is 11.5 Å². The van der Waals surface area contributed by atoms with Crippen LogP contribution in [0, 0.1) is 0 Å². The summed E-state index contributed by atoms with van der Waals surface area (Å²) in [7, 11) is 0. The van der Waals surface area contributed by atoms with Crippen LogP contribution in [0.2, 0.25) is 0 Å². The van der Waals surface area contributed by atoms with E-state index >= 15 is 0 Å². The van der Waals surface area contributed by atoms with E-state index in [0.29, 0.717) is 168 Å². The van der Waals surface area contributed by atoms with E-state index in [9.17, 15) is 4.79 Å². The van der Waals surface area contributed by atoms with Crippen LogP contribution in [0.4, 0.5) is 5.69 Å². The van der Waals surface area contributed by atoms with Crippen molar-refractivity contribution in [3.8, 4) is 11.5 Å². The second-order valence-corrected chi connectivity index (χ2v) is 10.0. The molecule has 0 heterocycles. The largest absolute Gasteiger partial charge is 0.491 e. The van der Waals surface area contributed by atoms with Crippen molar-refractivity contribution in [1.29, 1.82) is 0 Å². The quantitative estimate of drug-likeness (QED) is 0.0631. The Morgan fingerprint density at radius 3 is 1.02 bits per heavy atom. The minimum absolute atomic E-state index is 0.428. The van der Waals surface area contributed by atoms with Crippen LogP contribution >= 0.6 is 0 Å². The highest BCUT2D eigenvalue weighted by atomic mass is 16.6. The van der Waals surface area contributed by atoms with Gasteiger partial charge in [0.05, 0.1) is 138 Å². The number of carbonyl (C=O) groups excluding carboxylic acids is 1. The molecule has 2 rings (SSSR count). The van der Waals surface area contributed by atoms with Crippen molar-refractivity contribution in [1.82, 2.24) is 0 Å². The van der Waals surface area contributed by atoms with Gasteiger partial charge in [0.25, 0.3) is 0 Å². The Labute approximate surface area is 290 Å². The first-order valence-corrected chi connectivity index (χ1v) is 16.7. The first kappa shape index (κ1) is 42.3. The molecule has 0 aromatic heterocycles. The average molecular weight is 698 g/mol. The minimum Gasteiger partial charge on any atom is -0.491 e. The van der Waals surface area contributed by atoms with Crippen molar-refractivity contribution < 1.29 is 61.6 Å². The highest BCUT2D eigenvalue weighted by Crippen LogP contribution is 2.19. The summed E-state index contributed by atoms with van der Waals surface area (Å²) < 4.78 is 65.9. The minimum atomic E-state index is 0.428. The normalized spacial score (nSPS) is 11.2. The second kappa shape index (κ2) is 32.3. The lowest BCUT2D eigenvalue weighted by molar-refractivity contribution is -0.0269. The average Bonchev–Trinajstić information content (AvgIpc) is 3.12. The molecule has 2 aromatic rings. The van der Waals surface area contributed by atoms with E-state index in [1.54, 1.807) is 30.3 Å². The number of anilines is 1. The number of benzene rings is 2. The molecule has 14 heteroatoms. The summed E-state index contributed by atoms with van der Waals surface area (Å²) in [5, 5.41) is 0. The maximum Gasteiger partial charge on any atom is 0.150 e. The zero-order valence-electron chi connectivity index (χ0n) is 28.6. The van der Waals surface area contributed by atoms with Gasteiger partial charge in [0, 0.05) is 5.56 Å². The summed E-state index contributed by atoms with van der Waals surface area (Å²) in [5.41, 5.74) is 7.05. The van der Waals surface area contributed by atoms with Gasteiger partial charge in [-0.05, 0) is 36.4 Å². The standard InChI is InChI=1S/C35H55NO13/c36-34-3-1-2-4-35(34)49-30-28-47-26-24-45-22-20-43-18-16-41-14-12-39-10-9-38-11-13-40-15-17-42-19-21-44-23-25-46-27-29-48-33-7-5-32(31-37)6-8-33/h1-8,31H,9-30,36H2. The van der Waals surface area contributed by atoms with E-state index in [0.717, 1.165) is 6.29 Å². The van der Waals surface area contributed by atoms with E-state index in [-0.39, 0.29) is 0 Å².